The van der Waals surface area contributed by atoms with E-state index >= 15 is 0 Å². The Labute approximate surface area is 194 Å². The quantitative estimate of drug-likeness (QED) is 0.375. The molecule has 0 spiro atoms. The van der Waals surface area contributed by atoms with E-state index in [1.807, 2.05) is 25.1 Å². The van der Waals surface area contributed by atoms with Gasteiger partial charge in [0, 0.05) is 11.5 Å². The number of hydrogen-bond acceptors (Lipinski definition) is 6. The van der Waals surface area contributed by atoms with Crippen LogP contribution in [-0.2, 0) is 12.8 Å². The van der Waals surface area contributed by atoms with Crippen molar-refractivity contribution in [1.82, 2.24) is 14.8 Å². The number of ether oxygens (including phenoxy) is 1. The molecule has 33 heavy (non-hydrogen) atoms. The topological polar surface area (TPSA) is 82.2 Å². The summed E-state index contributed by atoms with van der Waals surface area (Å²) in [4.78, 5) is 17.8. The number of carbonyl (C=O) groups excluding carboxylic acids is 1. The summed E-state index contributed by atoms with van der Waals surface area (Å²) in [7, 11) is 1.58. The molecular weight excluding hydrogens is 436 g/mol. The Kier molecular flexibility index (Phi) is 4.69. The molecule has 0 atom stereocenters. The molecule has 2 aromatic carbocycles. The van der Waals surface area contributed by atoms with Crippen LogP contribution in [0.15, 0.2) is 46.9 Å². The highest BCUT2D eigenvalue weighted by Gasteiger charge is 2.20. The molecule has 0 saturated heterocycles. The van der Waals surface area contributed by atoms with Crippen LogP contribution >= 0.6 is 11.3 Å². The second-order valence-corrected chi connectivity index (χ2v) is 9.33. The summed E-state index contributed by atoms with van der Waals surface area (Å²) < 4.78 is 14.0. The summed E-state index contributed by atoms with van der Waals surface area (Å²) >= 11 is 1.58. The molecule has 3 aromatic heterocycles. The number of anilines is 1. The first-order valence-corrected chi connectivity index (χ1v) is 11.8. The number of hydrogen-bond donors (Lipinski definition) is 1. The van der Waals surface area contributed by atoms with Crippen LogP contribution in [-0.4, -0.2) is 27.8 Å². The molecule has 166 valence electrons. The van der Waals surface area contributed by atoms with E-state index in [4.69, 9.17) is 14.1 Å². The molecule has 3 heterocycles. The van der Waals surface area contributed by atoms with Crippen LogP contribution in [0, 0.1) is 6.92 Å². The number of benzene rings is 2. The molecule has 1 aliphatic carbocycles. The summed E-state index contributed by atoms with van der Waals surface area (Å²) in [5.74, 6) is 0.987. The first kappa shape index (κ1) is 20.0. The van der Waals surface area contributed by atoms with E-state index in [2.05, 4.69) is 22.5 Å². The summed E-state index contributed by atoms with van der Waals surface area (Å²) in [6.45, 7) is 1.89. The van der Waals surface area contributed by atoms with Gasteiger partial charge in [-0.2, -0.15) is 9.78 Å². The lowest BCUT2D eigenvalue weighted by molar-refractivity contribution is 0.0998. The van der Waals surface area contributed by atoms with Crippen molar-refractivity contribution in [3.05, 3.63) is 65.0 Å². The van der Waals surface area contributed by atoms with Gasteiger partial charge < -0.3 is 14.5 Å². The third-order valence-electron chi connectivity index (χ3n) is 6.05. The van der Waals surface area contributed by atoms with E-state index in [1.165, 1.54) is 24.0 Å². The zero-order valence-corrected chi connectivity index (χ0v) is 19.2. The van der Waals surface area contributed by atoms with Crippen molar-refractivity contribution in [2.45, 2.75) is 32.6 Å². The molecule has 0 bridgehead atoms. The zero-order chi connectivity index (χ0) is 22.5. The number of nitrogens with zero attached hydrogens (tertiary/aromatic N) is 3. The van der Waals surface area contributed by atoms with Crippen LogP contribution in [0.2, 0.25) is 0 Å². The maximum Gasteiger partial charge on any atom is 0.292 e. The normalized spacial score (nSPS) is 13.4. The number of thiazole rings is 1. The monoisotopic (exact) mass is 458 g/mol. The van der Waals surface area contributed by atoms with Gasteiger partial charge in [0.1, 0.15) is 5.82 Å². The molecule has 1 aliphatic rings. The number of para-hydroxylation sites is 1. The van der Waals surface area contributed by atoms with Crippen molar-refractivity contribution in [3.8, 4) is 10.9 Å². The van der Waals surface area contributed by atoms with Gasteiger partial charge in [0.05, 0.1) is 23.0 Å². The molecule has 0 aliphatic heterocycles. The van der Waals surface area contributed by atoms with Crippen molar-refractivity contribution in [2.24, 2.45) is 0 Å². The molecule has 7 nitrogen and oxygen atoms in total. The molecular formula is C25H22N4O3S. The van der Waals surface area contributed by atoms with E-state index in [-0.39, 0.29) is 11.7 Å². The first-order valence-electron chi connectivity index (χ1n) is 11.0. The standard InChI is InChI=1S/C25H22N4O3S/c1-14-10-22(27-24(30)20-12-17-8-5-9-19(31-2)23(17)32-20)29(28-14)25-26-18-11-15-6-3-4-7-16(15)13-21(18)33-25/h5,8-13H,3-4,6-7H2,1-2H3,(H,27,30). The van der Waals surface area contributed by atoms with Crippen molar-refractivity contribution in [3.63, 3.8) is 0 Å². The highest BCUT2D eigenvalue weighted by molar-refractivity contribution is 7.20. The minimum atomic E-state index is -0.356. The van der Waals surface area contributed by atoms with Crippen molar-refractivity contribution < 1.29 is 13.9 Å². The minimum absolute atomic E-state index is 0.205. The maximum atomic E-state index is 13.0. The van der Waals surface area contributed by atoms with Gasteiger partial charge in [-0.25, -0.2) is 4.98 Å². The summed E-state index contributed by atoms with van der Waals surface area (Å²) in [6.07, 6.45) is 4.72. The molecule has 0 fully saturated rings. The number of furan rings is 1. The predicted molar refractivity (Wildman–Crippen MR) is 129 cm³/mol. The fourth-order valence-corrected chi connectivity index (χ4v) is 5.43. The average molecular weight is 459 g/mol. The Morgan fingerprint density at radius 2 is 1.97 bits per heavy atom. The Balaban J connectivity index is 1.35. The van der Waals surface area contributed by atoms with Crippen molar-refractivity contribution >= 4 is 44.2 Å². The van der Waals surface area contributed by atoms with Crippen LogP contribution in [0.3, 0.4) is 0 Å². The Morgan fingerprint density at radius 3 is 2.79 bits per heavy atom. The summed E-state index contributed by atoms with van der Waals surface area (Å²) in [5.41, 5.74) is 5.14. The van der Waals surface area contributed by atoms with Gasteiger partial charge in [0.25, 0.3) is 5.91 Å². The summed E-state index contributed by atoms with van der Waals surface area (Å²) in [5, 5.41) is 9.06. The Hall–Kier alpha value is -3.65. The highest BCUT2D eigenvalue weighted by Crippen LogP contribution is 2.33. The van der Waals surface area contributed by atoms with Gasteiger partial charge in [0.2, 0.25) is 5.13 Å². The number of carbonyl (C=O) groups is 1. The van der Waals surface area contributed by atoms with E-state index in [0.717, 1.165) is 39.3 Å². The lowest BCUT2D eigenvalue weighted by Crippen LogP contribution is -2.14. The van der Waals surface area contributed by atoms with E-state index in [1.54, 1.807) is 35.3 Å². The average Bonchev–Trinajstić information content (AvgIpc) is 3.53. The third kappa shape index (κ3) is 3.47. The predicted octanol–water partition coefficient (Wildman–Crippen LogP) is 5.68. The number of methoxy groups -OCH3 is 1. The molecule has 0 unspecified atom stereocenters. The first-order chi connectivity index (χ1) is 16.1. The molecule has 0 saturated carbocycles. The second-order valence-electron chi connectivity index (χ2n) is 8.32. The molecule has 5 aromatic rings. The number of amides is 1. The SMILES string of the molecule is COc1cccc2cc(C(=O)Nc3cc(C)nn3-c3nc4cc5c(cc4s3)CCCC5)oc12. The second kappa shape index (κ2) is 7.74. The van der Waals surface area contributed by atoms with Gasteiger partial charge >= 0.3 is 0 Å². The zero-order valence-electron chi connectivity index (χ0n) is 18.3. The van der Waals surface area contributed by atoms with Crippen molar-refractivity contribution in [1.29, 1.82) is 0 Å². The Morgan fingerprint density at radius 1 is 1.15 bits per heavy atom. The molecule has 1 N–H and O–H groups in total. The van der Waals surface area contributed by atoms with Crippen LogP contribution < -0.4 is 10.1 Å². The molecule has 0 radical (unpaired) electrons. The lowest BCUT2D eigenvalue weighted by atomic mass is 9.92. The lowest BCUT2D eigenvalue weighted by Gasteiger charge is -2.14. The third-order valence-corrected chi connectivity index (χ3v) is 7.04. The van der Waals surface area contributed by atoms with Gasteiger partial charge in [-0.05, 0) is 68.0 Å². The number of rotatable bonds is 4. The van der Waals surface area contributed by atoms with E-state index in [9.17, 15) is 4.79 Å². The van der Waals surface area contributed by atoms with E-state index in [0.29, 0.717) is 17.2 Å². The van der Waals surface area contributed by atoms with Gasteiger partial charge in [-0.15, -0.1) is 0 Å². The van der Waals surface area contributed by atoms with Gasteiger partial charge in [0.15, 0.2) is 17.1 Å². The van der Waals surface area contributed by atoms with E-state index < -0.39 is 0 Å². The maximum absolute atomic E-state index is 13.0. The smallest absolute Gasteiger partial charge is 0.292 e. The molecule has 6 rings (SSSR count). The Bertz CT molecular complexity index is 1480. The van der Waals surface area contributed by atoms with Crippen LogP contribution in [0.5, 0.6) is 5.75 Å². The molecule has 1 amide bonds. The minimum Gasteiger partial charge on any atom is -0.493 e. The number of aryl methyl sites for hydroxylation is 3. The molecule has 8 heteroatoms. The van der Waals surface area contributed by atoms with Gasteiger partial charge in [-0.3, -0.25) is 4.79 Å². The van der Waals surface area contributed by atoms with Gasteiger partial charge in [-0.1, -0.05) is 23.5 Å². The fourth-order valence-electron chi connectivity index (χ4n) is 4.46. The summed E-state index contributed by atoms with van der Waals surface area (Å²) in [6, 6.07) is 13.6. The number of nitrogens with one attached hydrogen (secondary N) is 1. The fraction of sp³-hybridized carbons (Fsp3) is 0.240. The number of aromatic nitrogens is 3. The van der Waals surface area contributed by atoms with Crippen LogP contribution in [0.25, 0.3) is 26.3 Å². The largest absolute Gasteiger partial charge is 0.493 e. The number of fused-ring (bicyclic) bond motifs is 3. The highest BCUT2D eigenvalue weighted by atomic mass is 32.1. The van der Waals surface area contributed by atoms with Crippen LogP contribution in [0.1, 0.15) is 40.2 Å². The van der Waals surface area contributed by atoms with Crippen molar-refractivity contribution in [2.75, 3.05) is 12.4 Å². The van der Waals surface area contributed by atoms with Crippen LogP contribution in [0.4, 0.5) is 5.82 Å².